The van der Waals surface area contributed by atoms with E-state index in [1.807, 2.05) is 0 Å². The third-order valence-electron chi connectivity index (χ3n) is 8.49. The molecule has 0 spiro atoms. The van der Waals surface area contributed by atoms with Gasteiger partial charge in [0.2, 0.25) is 0 Å². The van der Waals surface area contributed by atoms with Crippen LogP contribution in [0.15, 0.2) is 54.1 Å². The van der Waals surface area contributed by atoms with Gasteiger partial charge < -0.3 is 9.84 Å². The number of anilines is 1. The standard InChI is InChI=1S/C28H23Cl2FN2O7/c1-2-40-20-11-13(3-10-19(20)34)22-16-8-9-17-21(24(36)33(39)23(17)35)18(16)12-27(29)25(37)32(26(38)28(22,27)30)15-6-4-14(31)5-7-15/h3-8,10-11,17-18,21-22,34,39H,2,9,12H2,1H3/t17-,18+,21-,22-,27+,28-/m0/s1. The molecule has 2 heterocycles. The average molecular weight is 589 g/mol. The van der Waals surface area contributed by atoms with E-state index in [0.29, 0.717) is 11.1 Å². The van der Waals surface area contributed by atoms with Gasteiger partial charge in [0, 0.05) is 5.92 Å². The SMILES string of the molecule is CCOc1cc([C@H]2C3=CC[C@@H]4C(=O)N(O)C(=O)[C@@H]4[C@@H]3C[C@@]3(Cl)C(=O)N(c4ccc(F)cc4)C(=O)[C@@]23Cl)ccc1O. The predicted molar refractivity (Wildman–Crippen MR) is 140 cm³/mol. The highest BCUT2D eigenvalue weighted by atomic mass is 35.5. The van der Waals surface area contributed by atoms with Crippen molar-refractivity contribution in [3.63, 3.8) is 0 Å². The van der Waals surface area contributed by atoms with Crippen molar-refractivity contribution in [2.75, 3.05) is 11.5 Å². The van der Waals surface area contributed by atoms with Crippen LogP contribution in [0.4, 0.5) is 10.1 Å². The van der Waals surface area contributed by atoms with Crippen LogP contribution in [0.1, 0.15) is 31.2 Å². The molecular weight excluding hydrogens is 566 g/mol. The lowest BCUT2D eigenvalue weighted by Gasteiger charge is -2.50. The summed E-state index contributed by atoms with van der Waals surface area (Å²) in [6.45, 7) is 1.95. The van der Waals surface area contributed by atoms with Crippen LogP contribution in [0.25, 0.3) is 0 Å². The molecule has 9 nitrogen and oxygen atoms in total. The van der Waals surface area contributed by atoms with Gasteiger partial charge in [-0.05, 0) is 67.6 Å². The number of fused-ring (bicyclic) bond motifs is 4. The summed E-state index contributed by atoms with van der Waals surface area (Å²) in [4.78, 5) is 50.6. The number of carbonyl (C=O) groups excluding carboxylic acids is 4. The molecule has 12 heteroatoms. The topological polar surface area (TPSA) is 124 Å². The average Bonchev–Trinajstić information content (AvgIpc) is 3.24. The number of phenolic OH excluding ortho intramolecular Hbond substituents is 1. The minimum absolute atomic E-state index is 0.0637. The van der Waals surface area contributed by atoms with Crippen LogP contribution in [0.5, 0.6) is 11.5 Å². The van der Waals surface area contributed by atoms with Crippen molar-refractivity contribution in [3.8, 4) is 11.5 Å². The van der Waals surface area contributed by atoms with Gasteiger partial charge in [0.25, 0.3) is 23.6 Å². The van der Waals surface area contributed by atoms with Crippen molar-refractivity contribution in [2.24, 2.45) is 17.8 Å². The van der Waals surface area contributed by atoms with Crippen molar-refractivity contribution in [1.29, 1.82) is 0 Å². The summed E-state index contributed by atoms with van der Waals surface area (Å²) >= 11 is 14.4. The van der Waals surface area contributed by atoms with E-state index >= 15 is 0 Å². The van der Waals surface area contributed by atoms with Crippen LogP contribution in [-0.4, -0.2) is 55.4 Å². The van der Waals surface area contributed by atoms with E-state index < -0.39 is 62.9 Å². The summed E-state index contributed by atoms with van der Waals surface area (Å²) in [6, 6.07) is 9.10. The Balaban J connectivity index is 1.58. The molecule has 40 heavy (non-hydrogen) atoms. The summed E-state index contributed by atoms with van der Waals surface area (Å²) in [6.07, 6.45) is 1.54. The smallest absolute Gasteiger partial charge is 0.258 e. The number of aromatic hydroxyl groups is 1. The molecule has 0 unspecified atom stereocenters. The zero-order valence-corrected chi connectivity index (χ0v) is 22.5. The predicted octanol–water partition coefficient (Wildman–Crippen LogP) is 3.88. The maximum atomic E-state index is 14.2. The minimum Gasteiger partial charge on any atom is -0.504 e. The fourth-order valence-electron chi connectivity index (χ4n) is 6.74. The van der Waals surface area contributed by atoms with Gasteiger partial charge in [0.05, 0.1) is 24.1 Å². The fourth-order valence-corrected chi connectivity index (χ4v) is 7.67. The van der Waals surface area contributed by atoms with Crippen molar-refractivity contribution < 1.29 is 38.6 Å². The Morgan fingerprint density at radius 1 is 1.02 bits per heavy atom. The van der Waals surface area contributed by atoms with Crippen molar-refractivity contribution in [2.45, 2.75) is 35.4 Å². The molecule has 0 bridgehead atoms. The normalized spacial score (nSPS) is 33.1. The number of nitrogens with zero attached hydrogens (tertiary/aromatic N) is 2. The number of allylic oxidation sites excluding steroid dienone is 2. The number of rotatable bonds is 4. The van der Waals surface area contributed by atoms with Gasteiger partial charge in [-0.15, -0.1) is 23.2 Å². The number of carbonyl (C=O) groups is 4. The maximum Gasteiger partial charge on any atom is 0.258 e. The molecule has 2 aliphatic heterocycles. The molecule has 2 N–H and O–H groups in total. The first kappa shape index (κ1) is 26.7. The summed E-state index contributed by atoms with van der Waals surface area (Å²) in [5.41, 5.74) is 0.962. The summed E-state index contributed by atoms with van der Waals surface area (Å²) in [5, 5.41) is 20.6. The first-order valence-corrected chi connectivity index (χ1v) is 13.5. The van der Waals surface area contributed by atoms with Crippen molar-refractivity contribution in [1.82, 2.24) is 5.06 Å². The molecule has 2 aliphatic carbocycles. The molecule has 4 aliphatic rings. The number of amides is 4. The number of ether oxygens (including phenoxy) is 1. The Morgan fingerprint density at radius 2 is 1.73 bits per heavy atom. The molecule has 6 rings (SSSR count). The van der Waals surface area contributed by atoms with Crippen molar-refractivity contribution in [3.05, 3.63) is 65.5 Å². The highest BCUT2D eigenvalue weighted by Crippen LogP contribution is 2.66. The molecule has 3 fully saturated rings. The quantitative estimate of drug-likeness (QED) is 0.240. The van der Waals surface area contributed by atoms with Crippen molar-refractivity contribution >= 4 is 52.5 Å². The van der Waals surface area contributed by atoms with Gasteiger partial charge in [-0.1, -0.05) is 17.7 Å². The number of phenols is 1. The van der Waals surface area contributed by atoms with E-state index in [1.165, 1.54) is 30.3 Å². The highest BCUT2D eigenvalue weighted by molar-refractivity contribution is 6.58. The van der Waals surface area contributed by atoms with E-state index in [-0.39, 0.29) is 41.7 Å². The van der Waals surface area contributed by atoms with E-state index in [1.54, 1.807) is 13.0 Å². The van der Waals surface area contributed by atoms with Crippen LogP contribution < -0.4 is 9.64 Å². The van der Waals surface area contributed by atoms with Gasteiger partial charge in [-0.2, -0.15) is 5.06 Å². The lowest BCUT2D eigenvalue weighted by Crippen LogP contribution is -2.60. The zero-order chi connectivity index (χ0) is 28.7. The van der Waals surface area contributed by atoms with Gasteiger partial charge in [0.15, 0.2) is 21.2 Å². The lowest BCUT2D eigenvalue weighted by molar-refractivity contribution is -0.173. The van der Waals surface area contributed by atoms with Gasteiger partial charge in [-0.3, -0.25) is 24.4 Å². The van der Waals surface area contributed by atoms with Crippen LogP contribution in [-0.2, 0) is 19.2 Å². The van der Waals surface area contributed by atoms with E-state index in [2.05, 4.69) is 0 Å². The van der Waals surface area contributed by atoms with Gasteiger partial charge in [-0.25, -0.2) is 9.29 Å². The number of benzene rings is 2. The Bertz CT molecular complexity index is 1510. The van der Waals surface area contributed by atoms with Crippen LogP contribution in [0.3, 0.4) is 0 Å². The Hall–Kier alpha value is -3.47. The second-order valence-electron chi connectivity index (χ2n) is 10.4. The van der Waals surface area contributed by atoms with E-state index in [9.17, 15) is 33.9 Å². The molecule has 0 aromatic heterocycles. The van der Waals surface area contributed by atoms with Crippen LogP contribution >= 0.6 is 23.2 Å². The first-order chi connectivity index (χ1) is 19.0. The van der Waals surface area contributed by atoms with Gasteiger partial charge >= 0.3 is 0 Å². The Kier molecular flexibility index (Phi) is 6.03. The Morgan fingerprint density at radius 3 is 2.40 bits per heavy atom. The molecule has 208 valence electrons. The second kappa shape index (κ2) is 9.02. The molecule has 4 amide bonds. The van der Waals surface area contributed by atoms with E-state index in [0.717, 1.165) is 17.0 Å². The number of imide groups is 2. The number of halogens is 3. The van der Waals surface area contributed by atoms with Crippen LogP contribution in [0, 0.1) is 23.6 Å². The molecule has 6 atom stereocenters. The maximum absolute atomic E-state index is 14.2. The van der Waals surface area contributed by atoms with Crippen LogP contribution in [0.2, 0.25) is 0 Å². The monoisotopic (exact) mass is 588 g/mol. The summed E-state index contributed by atoms with van der Waals surface area (Å²) < 4.78 is 19.2. The lowest BCUT2D eigenvalue weighted by atomic mass is 9.56. The number of alkyl halides is 2. The summed E-state index contributed by atoms with van der Waals surface area (Å²) in [5.74, 6) is -7.70. The first-order valence-electron chi connectivity index (χ1n) is 12.7. The molecule has 2 saturated heterocycles. The number of hydrogen-bond donors (Lipinski definition) is 2. The zero-order valence-electron chi connectivity index (χ0n) is 21.0. The number of hydrogen-bond acceptors (Lipinski definition) is 7. The van der Waals surface area contributed by atoms with Gasteiger partial charge in [0.1, 0.15) is 5.82 Å². The minimum atomic E-state index is -2.11. The fraction of sp³-hybridized carbons (Fsp3) is 0.357. The molecule has 2 aromatic carbocycles. The highest BCUT2D eigenvalue weighted by Gasteiger charge is 2.76. The second-order valence-corrected chi connectivity index (χ2v) is 11.6. The third kappa shape index (κ3) is 3.36. The largest absolute Gasteiger partial charge is 0.504 e. The molecular formula is C28H23Cl2FN2O7. The summed E-state index contributed by atoms with van der Waals surface area (Å²) in [7, 11) is 0. The number of hydroxylamine groups is 2. The molecule has 1 saturated carbocycles. The Labute approximate surface area is 237 Å². The molecule has 0 radical (unpaired) electrons. The molecule has 2 aromatic rings. The third-order valence-corrected chi connectivity index (χ3v) is 9.90. The van der Waals surface area contributed by atoms with E-state index in [4.69, 9.17) is 27.9 Å².